The Morgan fingerprint density at radius 1 is 1.19 bits per heavy atom. The van der Waals surface area contributed by atoms with Crippen molar-refractivity contribution in [3.8, 4) is 11.5 Å². The maximum atomic E-state index is 11.0. The minimum atomic E-state index is -0.820. The van der Waals surface area contributed by atoms with E-state index in [-0.39, 0.29) is 6.42 Å². The molecule has 0 unspecified atom stereocenters. The summed E-state index contributed by atoms with van der Waals surface area (Å²) < 4.78 is 6.22. The normalized spacial score (nSPS) is 14.3. The molecule has 140 valence electrons. The number of hydrogen-bond donors (Lipinski definition) is 2. The van der Waals surface area contributed by atoms with Crippen LogP contribution in [0.3, 0.4) is 0 Å². The highest BCUT2D eigenvalue weighted by molar-refractivity contribution is 5.84. The predicted molar refractivity (Wildman–Crippen MR) is 107 cm³/mol. The molecule has 0 saturated heterocycles. The van der Waals surface area contributed by atoms with Crippen LogP contribution >= 0.6 is 0 Å². The Morgan fingerprint density at radius 3 is 2.56 bits per heavy atom. The van der Waals surface area contributed by atoms with Crippen LogP contribution in [-0.4, -0.2) is 16.1 Å². The van der Waals surface area contributed by atoms with Gasteiger partial charge in [-0.3, -0.25) is 4.79 Å². The second-order valence-electron chi connectivity index (χ2n) is 7.75. The molecule has 2 N–H and O–H groups in total. The number of carbonyl (C=O) groups is 1. The van der Waals surface area contributed by atoms with Gasteiger partial charge in [0.25, 0.3) is 0 Å². The molecule has 4 heteroatoms. The Bertz CT molecular complexity index is 975. The number of carboxylic acids is 1. The smallest absolute Gasteiger partial charge is 0.307 e. The number of fused-ring (bicyclic) bond motifs is 1. The lowest BCUT2D eigenvalue weighted by molar-refractivity contribution is -0.136. The largest absolute Gasteiger partial charge is 0.481 e. The van der Waals surface area contributed by atoms with Crippen LogP contribution < -0.4 is 4.74 Å². The van der Waals surface area contributed by atoms with E-state index in [4.69, 9.17) is 9.84 Å². The van der Waals surface area contributed by atoms with Crippen molar-refractivity contribution >= 4 is 16.9 Å². The van der Waals surface area contributed by atoms with Gasteiger partial charge in [-0.25, -0.2) is 0 Å². The number of benzene rings is 2. The van der Waals surface area contributed by atoms with E-state index in [1.165, 1.54) is 30.2 Å². The number of ether oxygens (including phenoxy) is 1. The SMILES string of the molecule is Cc1cc(CC(=O)O)cc(C)c1Oc1ccc2[nH]cc(CC3CCC3)c2c1. The summed E-state index contributed by atoms with van der Waals surface area (Å²) in [6, 6.07) is 9.96. The van der Waals surface area contributed by atoms with Gasteiger partial charge in [-0.15, -0.1) is 0 Å². The fourth-order valence-corrected chi connectivity index (χ4v) is 3.99. The number of H-pyrrole nitrogens is 1. The third-order valence-corrected chi connectivity index (χ3v) is 5.57. The van der Waals surface area contributed by atoms with E-state index in [0.29, 0.717) is 0 Å². The maximum absolute atomic E-state index is 11.0. The zero-order valence-electron chi connectivity index (χ0n) is 15.8. The number of aryl methyl sites for hydroxylation is 2. The number of aliphatic carboxylic acids is 1. The highest BCUT2D eigenvalue weighted by Gasteiger charge is 2.19. The molecule has 3 aromatic rings. The lowest BCUT2D eigenvalue weighted by Gasteiger charge is -2.24. The quantitative estimate of drug-likeness (QED) is 0.604. The van der Waals surface area contributed by atoms with Crippen LogP contribution in [0.2, 0.25) is 0 Å². The van der Waals surface area contributed by atoms with Crippen LogP contribution in [0.4, 0.5) is 0 Å². The van der Waals surface area contributed by atoms with Crippen LogP contribution in [0.25, 0.3) is 10.9 Å². The minimum Gasteiger partial charge on any atom is -0.481 e. The fraction of sp³-hybridized carbons (Fsp3) is 0.348. The number of aromatic amines is 1. The summed E-state index contributed by atoms with van der Waals surface area (Å²) in [5.41, 5.74) is 5.21. The lowest BCUT2D eigenvalue weighted by Crippen LogP contribution is -2.13. The average molecular weight is 363 g/mol. The van der Waals surface area contributed by atoms with Gasteiger partial charge in [0.05, 0.1) is 6.42 Å². The van der Waals surface area contributed by atoms with E-state index in [0.717, 1.165) is 46.0 Å². The maximum Gasteiger partial charge on any atom is 0.307 e. The molecule has 1 aliphatic carbocycles. The summed E-state index contributed by atoms with van der Waals surface area (Å²) in [4.78, 5) is 14.3. The Morgan fingerprint density at radius 2 is 1.93 bits per heavy atom. The van der Waals surface area contributed by atoms with E-state index < -0.39 is 5.97 Å². The van der Waals surface area contributed by atoms with E-state index in [1.807, 2.05) is 32.0 Å². The summed E-state index contributed by atoms with van der Waals surface area (Å²) in [6.07, 6.45) is 7.32. The molecular formula is C23H25NO3. The predicted octanol–water partition coefficient (Wildman–Crippen LogP) is 5.55. The first-order valence-corrected chi connectivity index (χ1v) is 9.59. The summed E-state index contributed by atoms with van der Waals surface area (Å²) in [6.45, 7) is 3.93. The van der Waals surface area contributed by atoms with E-state index in [2.05, 4.69) is 23.3 Å². The Kier molecular flexibility index (Phi) is 4.65. The van der Waals surface area contributed by atoms with Crippen LogP contribution in [-0.2, 0) is 17.6 Å². The van der Waals surface area contributed by atoms with E-state index >= 15 is 0 Å². The topological polar surface area (TPSA) is 62.3 Å². The number of aromatic nitrogens is 1. The molecule has 4 nitrogen and oxygen atoms in total. The van der Waals surface area contributed by atoms with Crippen molar-refractivity contribution in [2.45, 2.75) is 46.0 Å². The molecular weight excluding hydrogens is 338 g/mol. The van der Waals surface area contributed by atoms with Gasteiger partial charge in [0.2, 0.25) is 0 Å². The number of nitrogens with one attached hydrogen (secondary N) is 1. The molecule has 2 aromatic carbocycles. The Balaban J connectivity index is 1.61. The summed E-state index contributed by atoms with van der Waals surface area (Å²) in [5, 5.41) is 10.2. The second-order valence-corrected chi connectivity index (χ2v) is 7.75. The Hall–Kier alpha value is -2.75. The van der Waals surface area contributed by atoms with E-state index in [1.54, 1.807) is 0 Å². The first kappa shape index (κ1) is 17.7. The molecule has 4 rings (SSSR count). The van der Waals surface area contributed by atoms with Gasteiger partial charge in [-0.05, 0) is 66.6 Å². The van der Waals surface area contributed by atoms with Crippen molar-refractivity contribution in [3.63, 3.8) is 0 Å². The Labute approximate surface area is 159 Å². The summed E-state index contributed by atoms with van der Waals surface area (Å²) in [7, 11) is 0. The van der Waals surface area contributed by atoms with Gasteiger partial charge in [-0.1, -0.05) is 31.4 Å². The molecule has 0 aliphatic heterocycles. The molecule has 1 saturated carbocycles. The van der Waals surface area contributed by atoms with Gasteiger partial charge in [0.15, 0.2) is 0 Å². The molecule has 27 heavy (non-hydrogen) atoms. The second kappa shape index (κ2) is 7.10. The van der Waals surface area contributed by atoms with Gasteiger partial charge < -0.3 is 14.8 Å². The molecule has 1 aliphatic rings. The third-order valence-electron chi connectivity index (χ3n) is 5.57. The summed E-state index contributed by atoms with van der Waals surface area (Å²) in [5.74, 6) is 1.62. The first-order valence-electron chi connectivity index (χ1n) is 9.59. The van der Waals surface area contributed by atoms with Crippen molar-refractivity contribution < 1.29 is 14.6 Å². The van der Waals surface area contributed by atoms with Crippen LogP contribution in [0, 0.1) is 19.8 Å². The highest BCUT2D eigenvalue weighted by atomic mass is 16.5. The van der Waals surface area contributed by atoms with Crippen molar-refractivity contribution in [1.82, 2.24) is 4.98 Å². The zero-order valence-corrected chi connectivity index (χ0v) is 15.8. The molecule has 0 bridgehead atoms. The summed E-state index contributed by atoms with van der Waals surface area (Å²) >= 11 is 0. The molecule has 0 atom stereocenters. The minimum absolute atomic E-state index is 0.0296. The molecule has 0 radical (unpaired) electrons. The average Bonchev–Trinajstić information content (AvgIpc) is 2.96. The molecule has 0 spiro atoms. The lowest BCUT2D eigenvalue weighted by atomic mass is 9.81. The molecule has 0 amide bonds. The van der Waals surface area contributed by atoms with Crippen molar-refractivity contribution in [3.05, 3.63) is 58.8 Å². The van der Waals surface area contributed by atoms with E-state index in [9.17, 15) is 4.79 Å². The molecule has 1 fully saturated rings. The fourth-order valence-electron chi connectivity index (χ4n) is 3.99. The number of carboxylic acid groups (broad SMARTS) is 1. The van der Waals surface area contributed by atoms with Crippen molar-refractivity contribution in [2.24, 2.45) is 5.92 Å². The van der Waals surface area contributed by atoms with Crippen molar-refractivity contribution in [2.75, 3.05) is 0 Å². The van der Waals surface area contributed by atoms with Gasteiger partial charge in [-0.2, -0.15) is 0 Å². The third kappa shape index (κ3) is 3.70. The van der Waals surface area contributed by atoms with Crippen LogP contribution in [0.5, 0.6) is 11.5 Å². The number of hydrogen-bond acceptors (Lipinski definition) is 2. The molecule has 1 aromatic heterocycles. The van der Waals surface area contributed by atoms with Crippen LogP contribution in [0.15, 0.2) is 36.5 Å². The van der Waals surface area contributed by atoms with Gasteiger partial charge >= 0.3 is 5.97 Å². The molecule has 1 heterocycles. The zero-order chi connectivity index (χ0) is 19.0. The van der Waals surface area contributed by atoms with Crippen molar-refractivity contribution in [1.29, 1.82) is 0 Å². The highest BCUT2D eigenvalue weighted by Crippen LogP contribution is 2.35. The standard InChI is InChI=1S/C23H25NO3/c1-14-8-17(11-22(25)26)9-15(2)23(14)27-19-6-7-21-20(12-19)18(13-24-21)10-16-4-3-5-16/h6-9,12-13,16,24H,3-5,10-11H2,1-2H3,(H,25,26). The number of rotatable bonds is 6. The van der Waals surface area contributed by atoms with Gasteiger partial charge in [0, 0.05) is 17.1 Å². The van der Waals surface area contributed by atoms with Gasteiger partial charge in [0.1, 0.15) is 11.5 Å². The first-order chi connectivity index (χ1) is 13.0. The van der Waals surface area contributed by atoms with Crippen LogP contribution in [0.1, 0.15) is 41.5 Å². The monoisotopic (exact) mass is 363 g/mol.